The van der Waals surface area contributed by atoms with Crippen LogP contribution in [0.5, 0.6) is 0 Å². The van der Waals surface area contributed by atoms with E-state index < -0.39 is 5.41 Å². The van der Waals surface area contributed by atoms with Crippen LogP contribution in [-0.2, 0) is 14.9 Å². The Kier molecular flexibility index (Phi) is 3.63. The van der Waals surface area contributed by atoms with E-state index in [2.05, 4.69) is 4.98 Å². The van der Waals surface area contributed by atoms with Crippen molar-refractivity contribution in [1.29, 1.82) is 0 Å². The minimum Gasteiger partial charge on any atom is -0.468 e. The van der Waals surface area contributed by atoms with E-state index in [1.165, 1.54) is 7.11 Å². The molecule has 110 valence electrons. The molecule has 0 aliphatic heterocycles. The fraction of sp³-hybridized carbons (Fsp3) is 0.158. The van der Waals surface area contributed by atoms with E-state index in [1.54, 1.807) is 6.20 Å². The van der Waals surface area contributed by atoms with Gasteiger partial charge in [0.1, 0.15) is 5.41 Å². The second-order valence-corrected chi connectivity index (χ2v) is 5.42. The molecule has 0 radical (unpaired) electrons. The Morgan fingerprint density at radius 1 is 1.00 bits per heavy atom. The molecular formula is C19H17NO2. The minimum atomic E-state index is -0.840. The highest BCUT2D eigenvalue weighted by Crippen LogP contribution is 2.34. The van der Waals surface area contributed by atoms with Gasteiger partial charge in [-0.25, -0.2) is 0 Å². The molecule has 1 atom stereocenters. The van der Waals surface area contributed by atoms with E-state index in [-0.39, 0.29) is 5.97 Å². The zero-order valence-corrected chi connectivity index (χ0v) is 12.6. The Morgan fingerprint density at radius 2 is 1.77 bits per heavy atom. The van der Waals surface area contributed by atoms with Crippen LogP contribution < -0.4 is 0 Å². The number of benzene rings is 2. The summed E-state index contributed by atoms with van der Waals surface area (Å²) >= 11 is 0. The minimum absolute atomic E-state index is 0.271. The number of esters is 1. The largest absolute Gasteiger partial charge is 0.468 e. The zero-order chi connectivity index (χ0) is 15.6. The number of carbonyl (C=O) groups is 1. The highest BCUT2D eigenvalue weighted by molar-refractivity contribution is 5.90. The van der Waals surface area contributed by atoms with Crippen LogP contribution in [0.4, 0.5) is 0 Å². The summed E-state index contributed by atoms with van der Waals surface area (Å²) in [5, 5.41) is 2.10. The Morgan fingerprint density at radius 3 is 2.50 bits per heavy atom. The number of aromatic nitrogens is 1. The van der Waals surface area contributed by atoms with Gasteiger partial charge in [0.05, 0.1) is 7.11 Å². The van der Waals surface area contributed by atoms with Gasteiger partial charge in [-0.15, -0.1) is 0 Å². The normalized spacial score (nSPS) is 13.5. The molecule has 0 aliphatic rings. The lowest BCUT2D eigenvalue weighted by molar-refractivity contribution is -0.145. The Hall–Kier alpha value is -2.68. The summed E-state index contributed by atoms with van der Waals surface area (Å²) < 4.78 is 5.08. The average Bonchev–Trinajstić information content (AvgIpc) is 2.60. The van der Waals surface area contributed by atoms with Crippen molar-refractivity contribution in [1.82, 2.24) is 4.98 Å². The van der Waals surface area contributed by atoms with Gasteiger partial charge in [0.25, 0.3) is 0 Å². The summed E-state index contributed by atoms with van der Waals surface area (Å²) in [6.45, 7) is 1.90. The van der Waals surface area contributed by atoms with Crippen LogP contribution in [0.25, 0.3) is 10.8 Å². The van der Waals surface area contributed by atoms with Gasteiger partial charge in [-0.05, 0) is 35.6 Å². The third kappa shape index (κ3) is 2.25. The molecular weight excluding hydrogens is 274 g/mol. The Bertz CT molecular complexity index is 814. The van der Waals surface area contributed by atoms with E-state index in [1.807, 2.05) is 67.7 Å². The van der Waals surface area contributed by atoms with Crippen LogP contribution in [0.2, 0.25) is 0 Å². The molecule has 0 bridgehead atoms. The van der Waals surface area contributed by atoms with Crippen molar-refractivity contribution in [3.63, 3.8) is 0 Å². The second-order valence-electron chi connectivity index (χ2n) is 5.42. The third-order valence-corrected chi connectivity index (χ3v) is 4.16. The third-order valence-electron chi connectivity index (χ3n) is 4.16. The summed E-state index contributed by atoms with van der Waals surface area (Å²) in [4.78, 5) is 16.7. The zero-order valence-electron chi connectivity index (χ0n) is 12.6. The van der Waals surface area contributed by atoms with Gasteiger partial charge >= 0.3 is 5.97 Å². The van der Waals surface area contributed by atoms with Crippen molar-refractivity contribution in [2.45, 2.75) is 12.3 Å². The maximum Gasteiger partial charge on any atom is 0.320 e. The molecule has 22 heavy (non-hydrogen) atoms. The quantitative estimate of drug-likeness (QED) is 0.690. The predicted octanol–water partition coefficient (Wildman–Crippen LogP) is 3.71. The highest BCUT2D eigenvalue weighted by atomic mass is 16.5. The van der Waals surface area contributed by atoms with Gasteiger partial charge in [0, 0.05) is 17.8 Å². The van der Waals surface area contributed by atoms with Crippen LogP contribution in [0.1, 0.15) is 18.1 Å². The molecule has 3 heteroatoms. The van der Waals surface area contributed by atoms with Crippen molar-refractivity contribution in [3.8, 4) is 0 Å². The van der Waals surface area contributed by atoms with Crippen molar-refractivity contribution in [3.05, 3.63) is 78.1 Å². The van der Waals surface area contributed by atoms with Gasteiger partial charge in [0.2, 0.25) is 0 Å². The van der Waals surface area contributed by atoms with Crippen LogP contribution in [-0.4, -0.2) is 18.1 Å². The van der Waals surface area contributed by atoms with Crippen LogP contribution >= 0.6 is 0 Å². The SMILES string of the molecule is COC(=O)C(C)(c1ccccc1)c1ccc2cnccc2c1. The first kappa shape index (κ1) is 14.3. The van der Waals surface area contributed by atoms with Crippen molar-refractivity contribution >= 4 is 16.7 Å². The van der Waals surface area contributed by atoms with E-state index in [9.17, 15) is 4.79 Å². The van der Waals surface area contributed by atoms with Crippen molar-refractivity contribution in [2.24, 2.45) is 0 Å². The number of carbonyl (C=O) groups excluding carboxylic acids is 1. The molecule has 1 unspecified atom stereocenters. The van der Waals surface area contributed by atoms with E-state index in [4.69, 9.17) is 4.74 Å². The van der Waals surface area contributed by atoms with Gasteiger partial charge in [-0.1, -0.05) is 42.5 Å². The van der Waals surface area contributed by atoms with Gasteiger partial charge < -0.3 is 4.74 Å². The molecule has 2 aromatic carbocycles. The fourth-order valence-corrected chi connectivity index (χ4v) is 2.77. The summed E-state index contributed by atoms with van der Waals surface area (Å²) in [6.07, 6.45) is 3.57. The van der Waals surface area contributed by atoms with E-state index in [0.29, 0.717) is 0 Å². The molecule has 0 fully saturated rings. The number of nitrogens with zero attached hydrogens (tertiary/aromatic N) is 1. The van der Waals surface area contributed by atoms with Gasteiger partial charge in [-0.3, -0.25) is 9.78 Å². The standard InChI is InChI=1S/C19H17NO2/c1-19(18(21)22-2,16-6-4-3-5-7-16)17-9-8-15-13-20-11-10-14(15)12-17/h3-13H,1-2H3. The number of hydrogen-bond acceptors (Lipinski definition) is 3. The topological polar surface area (TPSA) is 39.2 Å². The first-order chi connectivity index (χ1) is 10.7. The Labute approximate surface area is 129 Å². The fourth-order valence-electron chi connectivity index (χ4n) is 2.77. The summed E-state index contributed by atoms with van der Waals surface area (Å²) in [7, 11) is 1.43. The molecule has 0 N–H and O–H groups in total. The molecule has 3 rings (SSSR count). The highest BCUT2D eigenvalue weighted by Gasteiger charge is 2.38. The summed E-state index contributed by atoms with van der Waals surface area (Å²) in [6, 6.07) is 17.6. The van der Waals surface area contributed by atoms with E-state index in [0.717, 1.165) is 21.9 Å². The second kappa shape index (κ2) is 5.60. The van der Waals surface area contributed by atoms with Crippen LogP contribution in [0.3, 0.4) is 0 Å². The molecule has 0 amide bonds. The maximum atomic E-state index is 12.5. The Balaban J connectivity index is 2.22. The first-order valence-electron chi connectivity index (χ1n) is 7.14. The number of methoxy groups -OCH3 is 1. The number of pyridine rings is 1. The van der Waals surface area contributed by atoms with Crippen LogP contribution in [0, 0.1) is 0 Å². The number of hydrogen-bond donors (Lipinski definition) is 0. The lowest BCUT2D eigenvalue weighted by atomic mass is 9.76. The van der Waals surface area contributed by atoms with Gasteiger partial charge in [-0.2, -0.15) is 0 Å². The van der Waals surface area contributed by atoms with Gasteiger partial charge in [0.15, 0.2) is 0 Å². The smallest absolute Gasteiger partial charge is 0.320 e. The molecule has 1 heterocycles. The number of fused-ring (bicyclic) bond motifs is 1. The molecule has 3 aromatic rings. The van der Waals surface area contributed by atoms with Crippen LogP contribution in [0.15, 0.2) is 67.0 Å². The molecule has 0 saturated heterocycles. The number of ether oxygens (including phenoxy) is 1. The summed E-state index contributed by atoms with van der Waals surface area (Å²) in [5.41, 5.74) is 0.979. The molecule has 0 saturated carbocycles. The number of rotatable bonds is 3. The van der Waals surface area contributed by atoms with E-state index >= 15 is 0 Å². The molecule has 0 aliphatic carbocycles. The molecule has 1 aromatic heterocycles. The molecule has 3 nitrogen and oxygen atoms in total. The predicted molar refractivity (Wildman–Crippen MR) is 86.7 cm³/mol. The lowest BCUT2D eigenvalue weighted by Crippen LogP contribution is -2.35. The summed E-state index contributed by atoms with van der Waals surface area (Å²) in [5.74, 6) is -0.271. The average molecular weight is 291 g/mol. The lowest BCUT2D eigenvalue weighted by Gasteiger charge is -2.28. The molecule has 0 spiro atoms. The monoisotopic (exact) mass is 291 g/mol. The maximum absolute atomic E-state index is 12.5. The van der Waals surface area contributed by atoms with Crippen molar-refractivity contribution in [2.75, 3.05) is 7.11 Å². The first-order valence-corrected chi connectivity index (χ1v) is 7.14. The van der Waals surface area contributed by atoms with Crippen molar-refractivity contribution < 1.29 is 9.53 Å².